The Hall–Kier alpha value is 0.0300. The van der Waals surface area contributed by atoms with Gasteiger partial charge in [-0.25, -0.2) is 0 Å². The van der Waals surface area contributed by atoms with E-state index in [0.29, 0.717) is 0 Å². The average molecular weight is 132 g/mol. The van der Waals surface area contributed by atoms with Gasteiger partial charge in [0.25, 0.3) is 0 Å². The number of rotatable bonds is 5. The standard InChI is InChI=1S/C7H12Cl/c1-2-3-4-5-6-7-8/h1-2H,3-7H2. The first-order valence-electron chi connectivity index (χ1n) is 3.01. The molecule has 1 radical (unpaired) electrons. The fraction of sp³-hybridized carbons (Fsp3) is 0.714. The third-order valence-electron chi connectivity index (χ3n) is 1.00. The number of allylic oxidation sites excluding steroid dienone is 1. The Morgan fingerprint density at radius 3 is 2.50 bits per heavy atom. The summed E-state index contributed by atoms with van der Waals surface area (Å²) in [6.07, 6.45) is 6.24. The maximum absolute atomic E-state index is 5.44. The molecule has 0 aliphatic heterocycles. The lowest BCUT2D eigenvalue weighted by atomic mass is 10.2. The predicted octanol–water partition coefficient (Wildman–Crippen LogP) is 2.77. The van der Waals surface area contributed by atoms with Crippen molar-refractivity contribution in [1.29, 1.82) is 0 Å². The lowest BCUT2D eigenvalue weighted by Gasteiger charge is -1.90. The zero-order valence-electron chi connectivity index (χ0n) is 5.07. The molecule has 8 heavy (non-hydrogen) atoms. The summed E-state index contributed by atoms with van der Waals surface area (Å²) in [6.45, 7) is 5.15. The van der Waals surface area contributed by atoms with Crippen molar-refractivity contribution in [2.75, 3.05) is 5.88 Å². The van der Waals surface area contributed by atoms with Gasteiger partial charge in [-0.2, -0.15) is 0 Å². The van der Waals surface area contributed by atoms with Gasteiger partial charge < -0.3 is 0 Å². The Balaban J connectivity index is 2.62. The fourth-order valence-electron chi connectivity index (χ4n) is 0.533. The van der Waals surface area contributed by atoms with Crippen LogP contribution in [0.2, 0.25) is 0 Å². The van der Waals surface area contributed by atoms with E-state index in [0.717, 1.165) is 18.7 Å². The molecule has 0 heterocycles. The highest BCUT2D eigenvalue weighted by Gasteiger charge is 1.82. The van der Waals surface area contributed by atoms with Crippen LogP contribution in [0.15, 0.2) is 6.08 Å². The molecule has 0 aliphatic rings. The van der Waals surface area contributed by atoms with Crippen molar-refractivity contribution in [3.8, 4) is 0 Å². The number of alkyl halides is 1. The minimum atomic E-state index is 0.782. The monoisotopic (exact) mass is 131 g/mol. The van der Waals surface area contributed by atoms with E-state index in [1.54, 1.807) is 6.08 Å². The molecule has 0 aliphatic carbocycles. The minimum Gasteiger partial charge on any atom is -0.127 e. The SMILES string of the molecule is [CH]=CCCCCCCl. The molecule has 0 unspecified atom stereocenters. The molecule has 0 saturated heterocycles. The molecule has 0 amide bonds. The molecule has 0 saturated carbocycles. The molecule has 0 spiro atoms. The van der Waals surface area contributed by atoms with Crippen LogP contribution in [0.25, 0.3) is 0 Å². The molecule has 0 nitrogen and oxygen atoms in total. The Kier molecular flexibility index (Phi) is 7.06. The van der Waals surface area contributed by atoms with Crippen LogP contribution in [0, 0.1) is 6.58 Å². The van der Waals surface area contributed by atoms with Crippen LogP contribution >= 0.6 is 11.6 Å². The van der Waals surface area contributed by atoms with Gasteiger partial charge in [0.05, 0.1) is 0 Å². The third kappa shape index (κ3) is 6.03. The van der Waals surface area contributed by atoms with Crippen LogP contribution < -0.4 is 0 Å². The Labute approximate surface area is 56.5 Å². The zero-order chi connectivity index (χ0) is 6.24. The van der Waals surface area contributed by atoms with Gasteiger partial charge in [0.1, 0.15) is 0 Å². The zero-order valence-corrected chi connectivity index (χ0v) is 5.82. The second-order valence-electron chi connectivity index (χ2n) is 1.77. The van der Waals surface area contributed by atoms with E-state index in [1.165, 1.54) is 12.8 Å². The Morgan fingerprint density at radius 2 is 2.00 bits per heavy atom. The van der Waals surface area contributed by atoms with E-state index >= 15 is 0 Å². The lowest BCUT2D eigenvalue weighted by Crippen LogP contribution is -1.75. The van der Waals surface area contributed by atoms with E-state index in [1.807, 2.05) is 0 Å². The first-order chi connectivity index (χ1) is 3.91. The van der Waals surface area contributed by atoms with Crippen LogP contribution in [-0.4, -0.2) is 5.88 Å². The van der Waals surface area contributed by atoms with Crippen LogP contribution in [0.4, 0.5) is 0 Å². The molecule has 0 rings (SSSR count). The summed E-state index contributed by atoms with van der Waals surface area (Å²) in [6, 6.07) is 0. The minimum absolute atomic E-state index is 0.782. The van der Waals surface area contributed by atoms with Crippen LogP contribution in [0.1, 0.15) is 25.7 Å². The van der Waals surface area contributed by atoms with Crippen molar-refractivity contribution in [1.82, 2.24) is 0 Å². The molecule has 47 valence electrons. The van der Waals surface area contributed by atoms with Crippen molar-refractivity contribution >= 4 is 11.6 Å². The third-order valence-corrected chi connectivity index (χ3v) is 1.27. The van der Waals surface area contributed by atoms with Crippen LogP contribution in [0.5, 0.6) is 0 Å². The summed E-state index contributed by atoms with van der Waals surface area (Å²) in [4.78, 5) is 0. The number of halogens is 1. The Bertz CT molecular complexity index is 50.3. The lowest BCUT2D eigenvalue weighted by molar-refractivity contribution is 0.733. The maximum Gasteiger partial charge on any atom is 0.0223 e. The van der Waals surface area contributed by atoms with Crippen molar-refractivity contribution in [3.05, 3.63) is 12.7 Å². The van der Waals surface area contributed by atoms with Crippen LogP contribution in [-0.2, 0) is 0 Å². The molecular formula is C7H12Cl. The second-order valence-corrected chi connectivity index (χ2v) is 2.15. The summed E-state index contributed by atoms with van der Waals surface area (Å²) < 4.78 is 0. The molecule has 0 fully saturated rings. The van der Waals surface area contributed by atoms with Gasteiger partial charge >= 0.3 is 0 Å². The first kappa shape index (κ1) is 8.03. The smallest absolute Gasteiger partial charge is 0.0223 e. The average Bonchev–Trinajstić information content (AvgIpc) is 1.81. The summed E-state index contributed by atoms with van der Waals surface area (Å²) >= 11 is 5.44. The quantitative estimate of drug-likeness (QED) is 0.398. The van der Waals surface area contributed by atoms with Crippen molar-refractivity contribution in [2.45, 2.75) is 25.7 Å². The van der Waals surface area contributed by atoms with Gasteiger partial charge in [0, 0.05) is 5.88 Å². The highest BCUT2D eigenvalue weighted by Crippen LogP contribution is 2.00. The molecule has 0 atom stereocenters. The summed E-state index contributed by atoms with van der Waals surface area (Å²) in [5.74, 6) is 0.782. The summed E-state index contributed by atoms with van der Waals surface area (Å²) in [7, 11) is 0. The molecule has 0 bridgehead atoms. The molecule has 1 heteroatoms. The van der Waals surface area contributed by atoms with Gasteiger partial charge in [-0.3, -0.25) is 0 Å². The van der Waals surface area contributed by atoms with Gasteiger partial charge in [0.2, 0.25) is 0 Å². The van der Waals surface area contributed by atoms with E-state index in [2.05, 4.69) is 0 Å². The Morgan fingerprint density at radius 1 is 1.25 bits per heavy atom. The number of hydrogen-bond acceptors (Lipinski definition) is 0. The predicted molar refractivity (Wildman–Crippen MR) is 38.1 cm³/mol. The molecule has 0 aromatic heterocycles. The van der Waals surface area contributed by atoms with Gasteiger partial charge in [-0.1, -0.05) is 19.1 Å². The van der Waals surface area contributed by atoms with Gasteiger partial charge in [-0.15, -0.1) is 11.6 Å². The first-order valence-corrected chi connectivity index (χ1v) is 3.54. The van der Waals surface area contributed by atoms with E-state index < -0.39 is 0 Å². The van der Waals surface area contributed by atoms with E-state index in [9.17, 15) is 0 Å². The number of hydrogen-bond donors (Lipinski definition) is 0. The molecule has 0 aromatic rings. The number of unbranched alkanes of at least 4 members (excludes halogenated alkanes) is 3. The largest absolute Gasteiger partial charge is 0.127 e. The normalized spacial score (nSPS) is 9.12. The summed E-state index contributed by atoms with van der Waals surface area (Å²) in [5.41, 5.74) is 0. The highest BCUT2D eigenvalue weighted by molar-refractivity contribution is 6.17. The summed E-state index contributed by atoms with van der Waals surface area (Å²) in [5, 5.41) is 0. The van der Waals surface area contributed by atoms with Crippen molar-refractivity contribution in [3.63, 3.8) is 0 Å². The van der Waals surface area contributed by atoms with Crippen molar-refractivity contribution < 1.29 is 0 Å². The highest BCUT2D eigenvalue weighted by atomic mass is 35.5. The fourth-order valence-corrected chi connectivity index (χ4v) is 0.722. The topological polar surface area (TPSA) is 0 Å². The van der Waals surface area contributed by atoms with E-state index in [-0.39, 0.29) is 0 Å². The maximum atomic E-state index is 5.44. The molecular weight excluding hydrogens is 120 g/mol. The second kappa shape index (κ2) is 7.03. The molecule has 0 aromatic carbocycles. The van der Waals surface area contributed by atoms with Gasteiger partial charge in [0.15, 0.2) is 0 Å². The van der Waals surface area contributed by atoms with Crippen molar-refractivity contribution in [2.24, 2.45) is 0 Å². The van der Waals surface area contributed by atoms with Crippen LogP contribution in [0.3, 0.4) is 0 Å². The van der Waals surface area contributed by atoms with Gasteiger partial charge in [-0.05, 0) is 19.3 Å². The van der Waals surface area contributed by atoms with E-state index in [4.69, 9.17) is 18.2 Å². The molecule has 0 N–H and O–H groups in total.